The number of ketones is 1. The molecule has 0 unspecified atom stereocenters. The van der Waals surface area contributed by atoms with Gasteiger partial charge in [0.2, 0.25) is 0 Å². The third kappa shape index (κ3) is 2.07. The molecule has 1 aromatic rings. The number of ether oxygens (including phenoxy) is 3. The average Bonchev–Trinajstić information content (AvgIpc) is 2.27. The van der Waals surface area contributed by atoms with Crippen molar-refractivity contribution in [1.29, 1.82) is 0 Å². The molecule has 0 aliphatic carbocycles. The molecule has 0 atom stereocenters. The summed E-state index contributed by atoms with van der Waals surface area (Å²) < 4.78 is 15.3. The van der Waals surface area contributed by atoms with Crippen LogP contribution in [0.4, 0.5) is 0 Å². The number of hydrogen-bond acceptors (Lipinski definition) is 4. The number of hydrogen-bond donors (Lipinski definition) is 0. The van der Waals surface area contributed by atoms with Gasteiger partial charge >= 0.3 is 0 Å². The SMILES string of the molecule is COc1cc(OC)c(OC)c(C(C)=O)c1Cl. The molecule has 5 heteroatoms. The van der Waals surface area contributed by atoms with E-state index in [4.69, 9.17) is 25.8 Å². The molecule has 0 amide bonds. The van der Waals surface area contributed by atoms with Gasteiger partial charge in [-0.2, -0.15) is 0 Å². The lowest BCUT2D eigenvalue weighted by molar-refractivity contribution is 0.101. The maximum absolute atomic E-state index is 11.5. The van der Waals surface area contributed by atoms with E-state index in [0.29, 0.717) is 17.2 Å². The van der Waals surface area contributed by atoms with Gasteiger partial charge in [0.05, 0.1) is 31.9 Å². The molecule has 0 heterocycles. The summed E-state index contributed by atoms with van der Waals surface area (Å²) in [5, 5.41) is 0.229. The predicted octanol–water partition coefficient (Wildman–Crippen LogP) is 2.57. The first kappa shape index (κ1) is 12.6. The van der Waals surface area contributed by atoms with Crippen molar-refractivity contribution in [2.75, 3.05) is 21.3 Å². The van der Waals surface area contributed by atoms with Crippen LogP contribution in [0.2, 0.25) is 5.02 Å². The second kappa shape index (κ2) is 5.07. The summed E-state index contributed by atoms with van der Waals surface area (Å²) in [6.45, 7) is 1.41. The predicted molar refractivity (Wildman–Crippen MR) is 61.1 cm³/mol. The minimum atomic E-state index is -0.209. The molecule has 0 fully saturated rings. The van der Waals surface area contributed by atoms with E-state index in [0.717, 1.165) is 0 Å². The molecule has 0 radical (unpaired) electrons. The Morgan fingerprint density at radius 1 is 1.12 bits per heavy atom. The van der Waals surface area contributed by atoms with Crippen molar-refractivity contribution >= 4 is 17.4 Å². The molecule has 0 saturated heterocycles. The largest absolute Gasteiger partial charge is 0.495 e. The third-order valence-corrected chi connectivity index (χ3v) is 2.52. The monoisotopic (exact) mass is 244 g/mol. The van der Waals surface area contributed by atoms with Crippen molar-refractivity contribution in [3.63, 3.8) is 0 Å². The zero-order valence-electron chi connectivity index (χ0n) is 9.59. The van der Waals surface area contributed by atoms with Crippen LogP contribution in [-0.2, 0) is 0 Å². The second-order valence-corrected chi connectivity index (χ2v) is 3.44. The minimum Gasteiger partial charge on any atom is -0.495 e. The van der Waals surface area contributed by atoms with Crippen LogP contribution in [0, 0.1) is 0 Å². The van der Waals surface area contributed by atoms with Gasteiger partial charge in [-0.15, -0.1) is 0 Å². The minimum absolute atomic E-state index is 0.209. The lowest BCUT2D eigenvalue weighted by atomic mass is 10.1. The van der Waals surface area contributed by atoms with Crippen LogP contribution in [0.1, 0.15) is 17.3 Å². The van der Waals surface area contributed by atoms with Crippen molar-refractivity contribution in [2.24, 2.45) is 0 Å². The van der Waals surface area contributed by atoms with Gasteiger partial charge in [0.15, 0.2) is 17.3 Å². The highest BCUT2D eigenvalue weighted by Crippen LogP contribution is 2.42. The average molecular weight is 245 g/mol. The van der Waals surface area contributed by atoms with Crippen molar-refractivity contribution in [3.8, 4) is 17.2 Å². The molecule has 0 bridgehead atoms. The summed E-state index contributed by atoms with van der Waals surface area (Å²) in [6, 6.07) is 1.58. The molecule has 88 valence electrons. The molecule has 0 N–H and O–H groups in total. The zero-order chi connectivity index (χ0) is 12.3. The lowest BCUT2D eigenvalue weighted by Crippen LogP contribution is -2.03. The van der Waals surface area contributed by atoms with E-state index in [9.17, 15) is 4.79 Å². The molecule has 1 aromatic carbocycles. The van der Waals surface area contributed by atoms with E-state index < -0.39 is 0 Å². The molecule has 1 rings (SSSR count). The number of methoxy groups -OCH3 is 3. The van der Waals surface area contributed by atoms with E-state index in [2.05, 4.69) is 0 Å². The van der Waals surface area contributed by atoms with E-state index in [1.807, 2.05) is 0 Å². The first-order valence-electron chi connectivity index (χ1n) is 4.56. The van der Waals surface area contributed by atoms with E-state index in [1.54, 1.807) is 6.07 Å². The number of carbonyl (C=O) groups excluding carboxylic acids is 1. The summed E-state index contributed by atoms with van der Waals surface area (Å²) in [5.74, 6) is 0.901. The number of Topliss-reactive ketones (excluding diaryl/α,β-unsaturated/α-hetero) is 1. The maximum Gasteiger partial charge on any atom is 0.173 e. The zero-order valence-corrected chi connectivity index (χ0v) is 10.3. The van der Waals surface area contributed by atoms with Gasteiger partial charge in [0, 0.05) is 6.07 Å². The van der Waals surface area contributed by atoms with Crippen LogP contribution in [-0.4, -0.2) is 27.1 Å². The van der Waals surface area contributed by atoms with Crippen LogP contribution >= 0.6 is 11.6 Å². The van der Waals surface area contributed by atoms with Gasteiger partial charge in [0.25, 0.3) is 0 Å². The molecule has 0 aromatic heterocycles. The van der Waals surface area contributed by atoms with Crippen molar-refractivity contribution in [2.45, 2.75) is 6.92 Å². The van der Waals surface area contributed by atoms with Gasteiger partial charge in [-0.3, -0.25) is 4.79 Å². The highest BCUT2D eigenvalue weighted by molar-refractivity contribution is 6.35. The summed E-state index contributed by atoms with van der Waals surface area (Å²) in [5.41, 5.74) is 0.264. The number of carbonyl (C=O) groups is 1. The third-order valence-electron chi connectivity index (χ3n) is 2.14. The number of benzene rings is 1. The van der Waals surface area contributed by atoms with E-state index in [1.165, 1.54) is 28.3 Å². The summed E-state index contributed by atoms with van der Waals surface area (Å²) in [4.78, 5) is 11.5. The molecular weight excluding hydrogens is 232 g/mol. The lowest BCUT2D eigenvalue weighted by Gasteiger charge is -2.15. The van der Waals surface area contributed by atoms with Crippen LogP contribution in [0.5, 0.6) is 17.2 Å². The van der Waals surface area contributed by atoms with Gasteiger partial charge in [-0.25, -0.2) is 0 Å². The molecule has 16 heavy (non-hydrogen) atoms. The standard InChI is InChI=1S/C11H13ClO4/c1-6(13)9-10(12)7(14-2)5-8(15-3)11(9)16-4/h5H,1-4H3. The summed E-state index contributed by atoms with van der Waals surface area (Å²) >= 11 is 6.04. The van der Waals surface area contributed by atoms with Gasteiger partial charge < -0.3 is 14.2 Å². The fourth-order valence-corrected chi connectivity index (χ4v) is 1.76. The Hall–Kier alpha value is -1.42. The topological polar surface area (TPSA) is 44.8 Å². The summed E-state index contributed by atoms with van der Waals surface area (Å²) in [6.07, 6.45) is 0. The molecular formula is C11H13ClO4. The molecule has 0 aliphatic heterocycles. The second-order valence-electron chi connectivity index (χ2n) is 3.06. The molecule has 0 aliphatic rings. The Morgan fingerprint density at radius 2 is 1.69 bits per heavy atom. The Balaban J connectivity index is 3.57. The normalized spacial score (nSPS) is 9.81. The number of halogens is 1. The maximum atomic E-state index is 11.5. The Morgan fingerprint density at radius 3 is 2.06 bits per heavy atom. The van der Waals surface area contributed by atoms with Crippen molar-refractivity contribution in [3.05, 3.63) is 16.7 Å². The molecule has 0 spiro atoms. The quantitative estimate of drug-likeness (QED) is 0.764. The van der Waals surface area contributed by atoms with Crippen molar-refractivity contribution < 1.29 is 19.0 Å². The summed E-state index contributed by atoms with van der Waals surface area (Å²) in [7, 11) is 4.40. The smallest absolute Gasteiger partial charge is 0.173 e. The van der Waals surface area contributed by atoms with Crippen LogP contribution < -0.4 is 14.2 Å². The number of rotatable bonds is 4. The fraction of sp³-hybridized carbons (Fsp3) is 0.364. The first-order chi connectivity index (χ1) is 7.56. The molecule has 4 nitrogen and oxygen atoms in total. The highest BCUT2D eigenvalue weighted by Gasteiger charge is 2.21. The van der Waals surface area contributed by atoms with Gasteiger partial charge in [-0.1, -0.05) is 11.6 Å². The van der Waals surface area contributed by atoms with Crippen molar-refractivity contribution in [1.82, 2.24) is 0 Å². The first-order valence-corrected chi connectivity index (χ1v) is 4.94. The Kier molecular flexibility index (Phi) is 4.01. The van der Waals surface area contributed by atoms with E-state index >= 15 is 0 Å². The van der Waals surface area contributed by atoms with Crippen LogP contribution in [0.3, 0.4) is 0 Å². The Labute approximate surface area is 99.1 Å². The highest BCUT2D eigenvalue weighted by atomic mass is 35.5. The van der Waals surface area contributed by atoms with Gasteiger partial charge in [0.1, 0.15) is 5.75 Å². The van der Waals surface area contributed by atoms with Crippen LogP contribution in [0.25, 0.3) is 0 Å². The fourth-order valence-electron chi connectivity index (χ4n) is 1.41. The Bertz CT molecular complexity index is 415. The molecule has 0 saturated carbocycles. The van der Waals surface area contributed by atoms with Gasteiger partial charge in [-0.05, 0) is 6.92 Å². The van der Waals surface area contributed by atoms with Crippen LogP contribution in [0.15, 0.2) is 6.07 Å². The van der Waals surface area contributed by atoms with E-state index in [-0.39, 0.29) is 16.4 Å².